The molecule has 2 amide bonds. The van der Waals surface area contributed by atoms with Crippen molar-refractivity contribution < 1.29 is 19.1 Å². The summed E-state index contributed by atoms with van der Waals surface area (Å²) >= 11 is 0. The summed E-state index contributed by atoms with van der Waals surface area (Å²) in [6.07, 6.45) is 2.29. The van der Waals surface area contributed by atoms with Crippen LogP contribution >= 0.6 is 0 Å². The number of nitrogens with zero attached hydrogens (tertiary/aromatic N) is 2. The minimum Gasteiger partial charge on any atom is -0.482 e. The van der Waals surface area contributed by atoms with Crippen LogP contribution < -0.4 is 9.64 Å². The minimum atomic E-state index is -0.219. The van der Waals surface area contributed by atoms with Gasteiger partial charge < -0.3 is 9.64 Å². The molecule has 0 N–H and O–H groups in total. The van der Waals surface area contributed by atoms with Crippen molar-refractivity contribution in [3.05, 3.63) is 59.7 Å². The highest BCUT2D eigenvalue weighted by Gasteiger charge is 2.32. The second kappa shape index (κ2) is 9.55. The van der Waals surface area contributed by atoms with E-state index in [1.54, 1.807) is 17.0 Å². The molecule has 0 radical (unpaired) electrons. The Labute approximate surface area is 189 Å². The Hall–Kier alpha value is -3.15. The molecule has 2 heterocycles. The summed E-state index contributed by atoms with van der Waals surface area (Å²) in [7, 11) is 0. The first-order valence-corrected chi connectivity index (χ1v) is 11.4. The zero-order chi connectivity index (χ0) is 22.7. The van der Waals surface area contributed by atoms with E-state index in [2.05, 4.69) is 13.8 Å². The van der Waals surface area contributed by atoms with Gasteiger partial charge in [-0.25, -0.2) is 0 Å². The van der Waals surface area contributed by atoms with Gasteiger partial charge in [0.1, 0.15) is 12.3 Å². The zero-order valence-corrected chi connectivity index (χ0v) is 18.8. The Kier molecular flexibility index (Phi) is 6.58. The quantitative estimate of drug-likeness (QED) is 0.650. The van der Waals surface area contributed by atoms with Gasteiger partial charge in [0.15, 0.2) is 12.4 Å². The molecule has 0 aliphatic carbocycles. The zero-order valence-electron chi connectivity index (χ0n) is 18.8. The van der Waals surface area contributed by atoms with Gasteiger partial charge in [-0.05, 0) is 42.9 Å². The predicted molar refractivity (Wildman–Crippen MR) is 123 cm³/mol. The fraction of sp³-hybridized carbons (Fsp3) is 0.423. The molecule has 0 bridgehead atoms. The van der Waals surface area contributed by atoms with E-state index in [0.717, 1.165) is 12.0 Å². The maximum absolute atomic E-state index is 12.9. The molecule has 1 fully saturated rings. The van der Waals surface area contributed by atoms with Crippen molar-refractivity contribution in [3.8, 4) is 5.75 Å². The molecule has 0 saturated carbocycles. The van der Waals surface area contributed by atoms with Gasteiger partial charge in [-0.2, -0.15) is 0 Å². The van der Waals surface area contributed by atoms with Crippen molar-refractivity contribution in [2.45, 2.75) is 33.1 Å². The lowest BCUT2D eigenvalue weighted by molar-refractivity contribution is -0.133. The third-order valence-electron chi connectivity index (χ3n) is 6.20. The summed E-state index contributed by atoms with van der Waals surface area (Å²) in [6.45, 7) is 5.36. The fourth-order valence-corrected chi connectivity index (χ4v) is 4.47. The van der Waals surface area contributed by atoms with E-state index in [9.17, 15) is 14.4 Å². The van der Waals surface area contributed by atoms with E-state index in [1.165, 1.54) is 10.5 Å². The molecule has 6 nitrogen and oxygen atoms in total. The van der Waals surface area contributed by atoms with Crippen LogP contribution in [-0.4, -0.2) is 48.7 Å². The van der Waals surface area contributed by atoms with Gasteiger partial charge in [-0.1, -0.05) is 50.2 Å². The van der Waals surface area contributed by atoms with Crippen LogP contribution in [0, 0.1) is 11.8 Å². The lowest BCUT2D eigenvalue weighted by Crippen LogP contribution is -2.48. The van der Waals surface area contributed by atoms with Crippen LogP contribution in [0.15, 0.2) is 48.5 Å². The van der Waals surface area contributed by atoms with E-state index >= 15 is 0 Å². The number of amides is 2. The summed E-state index contributed by atoms with van der Waals surface area (Å²) in [4.78, 5) is 41.4. The third-order valence-corrected chi connectivity index (χ3v) is 6.20. The van der Waals surface area contributed by atoms with Crippen LogP contribution in [0.4, 0.5) is 5.69 Å². The van der Waals surface area contributed by atoms with Crippen LogP contribution in [0.25, 0.3) is 0 Å². The van der Waals surface area contributed by atoms with E-state index in [-0.39, 0.29) is 36.7 Å². The van der Waals surface area contributed by atoms with Crippen LogP contribution in [0.1, 0.15) is 42.6 Å². The van der Waals surface area contributed by atoms with Crippen LogP contribution in [0.2, 0.25) is 0 Å². The van der Waals surface area contributed by atoms with Crippen molar-refractivity contribution in [1.82, 2.24) is 4.90 Å². The van der Waals surface area contributed by atoms with Crippen LogP contribution in [0.3, 0.4) is 0 Å². The number of rotatable bonds is 6. The second-order valence-corrected chi connectivity index (χ2v) is 9.05. The fourth-order valence-electron chi connectivity index (χ4n) is 4.47. The Morgan fingerprint density at radius 2 is 1.72 bits per heavy atom. The molecule has 0 unspecified atom stereocenters. The number of ether oxygens (including phenoxy) is 1. The topological polar surface area (TPSA) is 66.9 Å². The number of piperidine rings is 1. The molecule has 32 heavy (non-hydrogen) atoms. The molecule has 0 spiro atoms. The van der Waals surface area contributed by atoms with Gasteiger partial charge in [0.05, 0.1) is 5.69 Å². The summed E-state index contributed by atoms with van der Waals surface area (Å²) < 4.78 is 5.45. The largest absolute Gasteiger partial charge is 0.482 e. The first kappa shape index (κ1) is 22.1. The smallest absolute Gasteiger partial charge is 0.265 e. The Balaban J connectivity index is 1.33. The monoisotopic (exact) mass is 434 g/mol. The SMILES string of the molecule is CC(C)Cc1ccc(C(=O)C2CCN(C(=O)CN3C(=O)COc4ccccc43)CC2)cc1. The third kappa shape index (κ3) is 4.85. The average Bonchev–Trinajstić information content (AvgIpc) is 2.80. The molecule has 2 aliphatic heterocycles. The number of carbonyl (C=O) groups is 3. The van der Waals surface area contributed by atoms with Gasteiger partial charge in [-0.3, -0.25) is 19.3 Å². The van der Waals surface area contributed by atoms with Crippen molar-refractivity contribution >= 4 is 23.3 Å². The van der Waals surface area contributed by atoms with Gasteiger partial charge in [0, 0.05) is 24.6 Å². The number of para-hydroxylation sites is 2. The van der Waals surface area contributed by atoms with E-state index in [1.807, 2.05) is 36.4 Å². The second-order valence-electron chi connectivity index (χ2n) is 9.05. The summed E-state index contributed by atoms with van der Waals surface area (Å²) in [5.74, 6) is 0.969. The Morgan fingerprint density at radius 3 is 2.41 bits per heavy atom. The lowest BCUT2D eigenvalue weighted by atomic mass is 9.88. The number of benzene rings is 2. The molecule has 6 heteroatoms. The lowest BCUT2D eigenvalue weighted by Gasteiger charge is -2.34. The van der Waals surface area contributed by atoms with Gasteiger partial charge in [0.25, 0.3) is 5.91 Å². The standard InChI is InChI=1S/C26H30N2O4/c1-18(2)15-19-7-9-20(10-8-19)26(31)21-11-13-27(14-12-21)24(29)16-28-22-5-3-4-6-23(22)32-17-25(28)30/h3-10,18,21H,11-17H2,1-2H3. The molecular formula is C26H30N2O4. The minimum absolute atomic E-state index is 0.00483. The van der Waals surface area contributed by atoms with Crippen molar-refractivity contribution in [3.63, 3.8) is 0 Å². The number of likely N-dealkylation sites (tertiary alicyclic amines) is 1. The molecule has 0 aromatic heterocycles. The number of hydrogen-bond acceptors (Lipinski definition) is 4. The molecule has 4 rings (SSSR count). The molecule has 168 valence electrons. The predicted octanol–water partition coefficient (Wildman–Crippen LogP) is 3.73. The van der Waals surface area contributed by atoms with E-state index in [0.29, 0.717) is 43.3 Å². The highest BCUT2D eigenvalue weighted by Crippen LogP contribution is 2.31. The molecule has 2 aliphatic rings. The number of anilines is 1. The summed E-state index contributed by atoms with van der Waals surface area (Å²) in [6, 6.07) is 15.2. The van der Waals surface area contributed by atoms with Gasteiger partial charge in [-0.15, -0.1) is 0 Å². The number of Topliss-reactive ketones (excluding diaryl/α,β-unsaturated/α-hetero) is 1. The Bertz CT molecular complexity index is 991. The summed E-state index contributed by atoms with van der Waals surface area (Å²) in [5, 5.41) is 0. The molecular weight excluding hydrogens is 404 g/mol. The summed E-state index contributed by atoms with van der Waals surface area (Å²) in [5.41, 5.74) is 2.62. The maximum atomic E-state index is 12.9. The van der Waals surface area contributed by atoms with Crippen molar-refractivity contribution in [2.75, 3.05) is 31.1 Å². The molecule has 0 atom stereocenters. The number of carbonyl (C=O) groups excluding carboxylic acids is 3. The molecule has 2 aromatic rings. The average molecular weight is 435 g/mol. The van der Waals surface area contributed by atoms with Gasteiger partial charge in [0.2, 0.25) is 5.91 Å². The van der Waals surface area contributed by atoms with Crippen LogP contribution in [-0.2, 0) is 16.0 Å². The number of ketones is 1. The highest BCUT2D eigenvalue weighted by molar-refractivity contribution is 6.02. The van der Waals surface area contributed by atoms with Crippen LogP contribution in [0.5, 0.6) is 5.75 Å². The molecule has 1 saturated heterocycles. The Morgan fingerprint density at radius 1 is 1.03 bits per heavy atom. The number of fused-ring (bicyclic) bond motifs is 1. The van der Waals surface area contributed by atoms with E-state index < -0.39 is 0 Å². The maximum Gasteiger partial charge on any atom is 0.265 e. The van der Waals surface area contributed by atoms with Crippen molar-refractivity contribution in [2.24, 2.45) is 11.8 Å². The molecule has 2 aromatic carbocycles. The van der Waals surface area contributed by atoms with Crippen molar-refractivity contribution in [1.29, 1.82) is 0 Å². The number of hydrogen-bond donors (Lipinski definition) is 0. The first-order chi connectivity index (χ1) is 15.4. The van der Waals surface area contributed by atoms with E-state index in [4.69, 9.17) is 4.74 Å². The normalized spacial score (nSPS) is 16.7. The highest BCUT2D eigenvalue weighted by atomic mass is 16.5. The van der Waals surface area contributed by atoms with Gasteiger partial charge >= 0.3 is 0 Å². The first-order valence-electron chi connectivity index (χ1n) is 11.4.